The molecule has 2 rings (SSSR count). The van der Waals surface area contributed by atoms with Crippen LogP contribution in [0.1, 0.15) is 0 Å². The summed E-state index contributed by atoms with van der Waals surface area (Å²) in [6, 6.07) is 3.41. The first kappa shape index (κ1) is 16.0. The SMILES string of the molecule is C=C(/C=C\C=N/N)NC(=O)N1CC(Oc2ccc(Br)cn2)C1. The fourth-order valence-corrected chi connectivity index (χ4v) is 1.98. The number of nitrogens with zero attached hydrogens (tertiary/aromatic N) is 3. The Morgan fingerprint density at radius 1 is 1.59 bits per heavy atom. The number of amides is 2. The third kappa shape index (κ3) is 4.59. The van der Waals surface area contributed by atoms with Gasteiger partial charge in [-0.05, 0) is 34.1 Å². The number of urea groups is 1. The smallest absolute Gasteiger partial charge is 0.322 e. The molecule has 0 bridgehead atoms. The van der Waals surface area contributed by atoms with E-state index < -0.39 is 0 Å². The molecule has 0 aromatic carbocycles. The zero-order valence-corrected chi connectivity index (χ0v) is 13.4. The van der Waals surface area contributed by atoms with Gasteiger partial charge in [-0.3, -0.25) is 0 Å². The summed E-state index contributed by atoms with van der Waals surface area (Å²) < 4.78 is 6.54. The Labute approximate surface area is 136 Å². The van der Waals surface area contributed by atoms with Crippen molar-refractivity contribution in [3.63, 3.8) is 0 Å². The van der Waals surface area contributed by atoms with Gasteiger partial charge < -0.3 is 20.8 Å². The monoisotopic (exact) mass is 365 g/mol. The number of pyridine rings is 1. The predicted molar refractivity (Wildman–Crippen MR) is 87.4 cm³/mol. The Morgan fingerprint density at radius 3 is 3.00 bits per heavy atom. The van der Waals surface area contributed by atoms with Crippen LogP contribution in [-0.2, 0) is 0 Å². The standard InChI is InChI=1S/C14H16BrN5O2/c1-10(3-2-6-18-16)19-14(21)20-8-12(9-20)22-13-5-4-11(15)7-17-13/h2-7,12H,1,8-9,16H2,(H,19,21)/b3-2-,18-6-. The van der Waals surface area contributed by atoms with Crippen molar-refractivity contribution in [2.24, 2.45) is 10.9 Å². The van der Waals surface area contributed by atoms with Gasteiger partial charge >= 0.3 is 6.03 Å². The quantitative estimate of drug-likeness (QED) is 0.359. The summed E-state index contributed by atoms with van der Waals surface area (Å²) in [6.45, 7) is 4.72. The van der Waals surface area contributed by atoms with Gasteiger partial charge in [0.05, 0.1) is 13.1 Å². The molecule has 2 heterocycles. The largest absolute Gasteiger partial charge is 0.471 e. The van der Waals surface area contributed by atoms with E-state index in [1.165, 1.54) is 6.21 Å². The molecule has 0 radical (unpaired) electrons. The van der Waals surface area contributed by atoms with Gasteiger partial charge in [0.1, 0.15) is 6.10 Å². The van der Waals surface area contributed by atoms with Gasteiger partial charge in [-0.1, -0.05) is 6.58 Å². The molecule has 3 N–H and O–H groups in total. The minimum Gasteiger partial charge on any atom is -0.471 e. The molecular weight excluding hydrogens is 350 g/mol. The second-order valence-corrected chi connectivity index (χ2v) is 5.49. The van der Waals surface area contributed by atoms with Crippen molar-refractivity contribution in [1.29, 1.82) is 0 Å². The lowest BCUT2D eigenvalue weighted by molar-refractivity contribution is 0.0423. The van der Waals surface area contributed by atoms with Crippen molar-refractivity contribution in [3.8, 4) is 5.88 Å². The third-order valence-electron chi connectivity index (χ3n) is 2.86. The number of rotatable bonds is 5. The molecule has 8 heteroatoms. The van der Waals surface area contributed by atoms with Gasteiger partial charge in [0.25, 0.3) is 0 Å². The Morgan fingerprint density at radius 2 is 2.36 bits per heavy atom. The van der Waals surface area contributed by atoms with E-state index in [-0.39, 0.29) is 12.1 Å². The van der Waals surface area contributed by atoms with E-state index in [0.717, 1.165) is 4.47 Å². The van der Waals surface area contributed by atoms with Crippen LogP contribution in [0.2, 0.25) is 0 Å². The number of hydrogen-bond acceptors (Lipinski definition) is 5. The molecule has 0 saturated carbocycles. The fourth-order valence-electron chi connectivity index (χ4n) is 1.75. The lowest BCUT2D eigenvalue weighted by Crippen LogP contribution is -2.58. The number of ether oxygens (including phenoxy) is 1. The van der Waals surface area contributed by atoms with Crippen LogP contribution in [0.5, 0.6) is 5.88 Å². The number of aromatic nitrogens is 1. The third-order valence-corrected chi connectivity index (χ3v) is 3.33. The van der Waals surface area contributed by atoms with Crippen molar-refractivity contribution >= 4 is 28.2 Å². The highest BCUT2D eigenvalue weighted by Gasteiger charge is 2.32. The first-order valence-electron chi connectivity index (χ1n) is 6.51. The second kappa shape index (κ2) is 7.60. The lowest BCUT2D eigenvalue weighted by Gasteiger charge is -2.38. The van der Waals surface area contributed by atoms with E-state index in [2.05, 4.69) is 37.9 Å². The average molecular weight is 366 g/mol. The number of likely N-dealkylation sites (tertiary alicyclic amines) is 1. The Balaban J connectivity index is 1.72. The molecule has 1 saturated heterocycles. The molecule has 0 spiro atoms. The van der Waals surface area contributed by atoms with Crippen molar-refractivity contribution in [1.82, 2.24) is 15.2 Å². The molecule has 22 heavy (non-hydrogen) atoms. The van der Waals surface area contributed by atoms with Crippen LogP contribution in [0.25, 0.3) is 0 Å². The highest BCUT2D eigenvalue weighted by atomic mass is 79.9. The molecule has 116 valence electrons. The topological polar surface area (TPSA) is 92.8 Å². The summed E-state index contributed by atoms with van der Waals surface area (Å²) in [5, 5.41) is 5.96. The van der Waals surface area contributed by atoms with Gasteiger partial charge in [-0.25, -0.2) is 9.78 Å². The highest BCUT2D eigenvalue weighted by molar-refractivity contribution is 9.10. The van der Waals surface area contributed by atoms with Crippen LogP contribution in [0.4, 0.5) is 4.79 Å². The Hall–Kier alpha value is -2.35. The summed E-state index contributed by atoms with van der Waals surface area (Å²) in [5.74, 6) is 5.50. The van der Waals surface area contributed by atoms with Crippen LogP contribution in [-0.4, -0.2) is 41.3 Å². The molecule has 1 aliphatic heterocycles. The summed E-state index contributed by atoms with van der Waals surface area (Å²) in [5.41, 5.74) is 0.462. The van der Waals surface area contributed by atoms with Crippen LogP contribution < -0.4 is 15.9 Å². The number of nitrogens with two attached hydrogens (primary N) is 1. The Kier molecular flexibility index (Phi) is 5.54. The first-order chi connectivity index (χ1) is 10.6. The van der Waals surface area contributed by atoms with Gasteiger partial charge in [-0.2, -0.15) is 5.10 Å². The number of carbonyl (C=O) groups excluding carboxylic acids is 1. The van der Waals surface area contributed by atoms with Crippen LogP contribution in [0.3, 0.4) is 0 Å². The molecule has 2 amide bonds. The Bertz CT molecular complexity index is 594. The molecule has 1 aromatic heterocycles. The van der Waals surface area contributed by atoms with E-state index in [0.29, 0.717) is 24.7 Å². The molecule has 7 nitrogen and oxygen atoms in total. The minimum atomic E-state index is -0.219. The zero-order valence-electron chi connectivity index (χ0n) is 11.8. The van der Waals surface area contributed by atoms with Gasteiger partial charge in [-0.15, -0.1) is 0 Å². The highest BCUT2D eigenvalue weighted by Crippen LogP contribution is 2.18. The average Bonchev–Trinajstić information content (AvgIpc) is 2.44. The summed E-state index contributed by atoms with van der Waals surface area (Å²) in [6.07, 6.45) is 6.21. The van der Waals surface area contributed by atoms with E-state index in [1.54, 1.807) is 29.3 Å². The number of carbonyl (C=O) groups is 1. The van der Waals surface area contributed by atoms with Crippen LogP contribution in [0.15, 0.2) is 52.3 Å². The lowest BCUT2D eigenvalue weighted by atomic mass is 10.2. The summed E-state index contributed by atoms with van der Waals surface area (Å²) in [7, 11) is 0. The molecule has 1 fully saturated rings. The molecule has 0 atom stereocenters. The van der Waals surface area contributed by atoms with Gasteiger partial charge in [0, 0.05) is 28.6 Å². The maximum Gasteiger partial charge on any atom is 0.322 e. The number of hydrazone groups is 1. The number of nitrogens with one attached hydrogen (secondary N) is 1. The normalized spacial score (nSPS) is 15.0. The maximum absolute atomic E-state index is 11.9. The van der Waals surface area contributed by atoms with Gasteiger partial charge in [0.2, 0.25) is 5.88 Å². The van der Waals surface area contributed by atoms with Crippen molar-refractivity contribution in [2.45, 2.75) is 6.10 Å². The summed E-state index contributed by atoms with van der Waals surface area (Å²) in [4.78, 5) is 17.6. The van der Waals surface area contributed by atoms with E-state index in [9.17, 15) is 4.79 Å². The molecular formula is C14H16BrN5O2. The summed E-state index contributed by atoms with van der Waals surface area (Å²) >= 11 is 3.31. The van der Waals surface area contributed by atoms with E-state index in [4.69, 9.17) is 10.6 Å². The van der Waals surface area contributed by atoms with E-state index in [1.807, 2.05) is 6.07 Å². The van der Waals surface area contributed by atoms with Crippen LogP contribution >= 0.6 is 15.9 Å². The zero-order chi connectivity index (χ0) is 15.9. The fraction of sp³-hybridized carbons (Fsp3) is 0.214. The van der Waals surface area contributed by atoms with Crippen molar-refractivity contribution in [3.05, 3.63) is 47.2 Å². The number of halogens is 1. The van der Waals surface area contributed by atoms with Crippen LogP contribution in [0, 0.1) is 0 Å². The maximum atomic E-state index is 11.9. The second-order valence-electron chi connectivity index (χ2n) is 4.57. The minimum absolute atomic E-state index is 0.0485. The molecule has 0 aliphatic carbocycles. The van der Waals surface area contributed by atoms with Crippen molar-refractivity contribution < 1.29 is 9.53 Å². The molecule has 1 aliphatic rings. The predicted octanol–water partition coefficient (Wildman–Crippen LogP) is 1.63. The van der Waals surface area contributed by atoms with Crippen molar-refractivity contribution in [2.75, 3.05) is 13.1 Å². The molecule has 0 unspecified atom stereocenters. The van der Waals surface area contributed by atoms with Gasteiger partial charge in [0.15, 0.2) is 0 Å². The first-order valence-corrected chi connectivity index (χ1v) is 7.30. The van der Waals surface area contributed by atoms with E-state index >= 15 is 0 Å². The number of hydrogen-bond donors (Lipinski definition) is 2. The number of allylic oxidation sites excluding steroid dienone is 2. The molecule has 1 aromatic rings.